The normalized spacial score (nSPS) is 17.9. The van der Waals surface area contributed by atoms with E-state index in [1.54, 1.807) is 17.9 Å². The van der Waals surface area contributed by atoms with Gasteiger partial charge in [-0.25, -0.2) is 4.68 Å². The van der Waals surface area contributed by atoms with E-state index in [1.807, 2.05) is 50.2 Å². The molecule has 1 amide bonds. The van der Waals surface area contributed by atoms with E-state index >= 15 is 0 Å². The van der Waals surface area contributed by atoms with Gasteiger partial charge in [0.15, 0.2) is 0 Å². The Morgan fingerprint density at radius 1 is 1.24 bits per heavy atom. The van der Waals surface area contributed by atoms with Crippen molar-refractivity contribution in [3.8, 4) is 5.75 Å². The number of carbonyl (C=O) groups excluding carboxylic acids is 1. The van der Waals surface area contributed by atoms with Gasteiger partial charge >= 0.3 is 0 Å². The second-order valence-electron chi connectivity index (χ2n) is 6.71. The Morgan fingerprint density at radius 3 is 2.76 bits per heavy atom. The number of rotatable bonds is 4. The molecule has 1 aromatic heterocycles. The smallest absolute Gasteiger partial charge is 0.240 e. The number of amides is 1. The Hall–Kier alpha value is -2.71. The number of carbonyl (C=O) groups is 1. The predicted octanol–water partition coefficient (Wildman–Crippen LogP) is 3.95. The average Bonchev–Trinajstić information content (AvgIpc) is 3.08. The van der Waals surface area contributed by atoms with Crippen molar-refractivity contribution in [3.63, 3.8) is 0 Å². The fourth-order valence-electron chi connectivity index (χ4n) is 3.20. The van der Waals surface area contributed by atoms with E-state index in [0.29, 0.717) is 15.9 Å². The summed E-state index contributed by atoms with van der Waals surface area (Å²) in [6, 6.07) is 12.9. The SMILES string of the molecule is COc1ccc([C@@H]2Nn3c(C)nnc3S[C@H]2C(=O)Nc2ccccc2C)cc1Cl. The fourth-order valence-corrected chi connectivity index (χ4v) is 4.60. The zero-order chi connectivity index (χ0) is 20.5. The molecule has 0 spiro atoms. The third kappa shape index (κ3) is 3.77. The standard InChI is InChI=1S/C20H20ClN5O2S/c1-11-6-4-5-7-15(11)22-19(27)18-17(13-8-9-16(28-3)14(21)10-13)25-26-12(2)23-24-20(26)29-18/h4-10,17-18,25H,1-3H3,(H,22,27)/t17-,18+/m0/s1. The molecule has 1 aliphatic heterocycles. The second kappa shape index (κ2) is 7.96. The summed E-state index contributed by atoms with van der Waals surface area (Å²) in [7, 11) is 1.57. The quantitative estimate of drug-likeness (QED) is 0.653. The molecule has 150 valence electrons. The number of halogens is 1. The molecule has 3 aromatic rings. The van der Waals surface area contributed by atoms with Crippen molar-refractivity contribution in [2.75, 3.05) is 17.9 Å². The maximum Gasteiger partial charge on any atom is 0.240 e. The van der Waals surface area contributed by atoms with Crippen LogP contribution in [-0.4, -0.2) is 33.1 Å². The van der Waals surface area contributed by atoms with E-state index in [-0.39, 0.29) is 11.9 Å². The number of hydrogen-bond acceptors (Lipinski definition) is 6. The molecule has 2 aromatic carbocycles. The summed E-state index contributed by atoms with van der Waals surface area (Å²) in [5.74, 6) is 1.18. The second-order valence-corrected chi connectivity index (χ2v) is 8.22. The Labute approximate surface area is 177 Å². The van der Waals surface area contributed by atoms with Gasteiger partial charge in [-0.05, 0) is 43.2 Å². The Kier molecular flexibility index (Phi) is 5.38. The highest BCUT2D eigenvalue weighted by atomic mass is 35.5. The average molecular weight is 430 g/mol. The fraction of sp³-hybridized carbons (Fsp3) is 0.250. The first-order chi connectivity index (χ1) is 14.0. The number of aromatic nitrogens is 3. The number of anilines is 1. The van der Waals surface area contributed by atoms with E-state index in [2.05, 4.69) is 20.9 Å². The molecular formula is C20H20ClN5O2S. The van der Waals surface area contributed by atoms with Crippen molar-refractivity contribution in [2.45, 2.75) is 30.3 Å². The largest absolute Gasteiger partial charge is 0.495 e. The van der Waals surface area contributed by atoms with Crippen molar-refractivity contribution in [3.05, 3.63) is 64.4 Å². The van der Waals surface area contributed by atoms with E-state index < -0.39 is 5.25 Å². The van der Waals surface area contributed by atoms with Gasteiger partial charge in [0, 0.05) is 5.69 Å². The number of hydrogen-bond donors (Lipinski definition) is 2. The predicted molar refractivity (Wildman–Crippen MR) is 114 cm³/mol. The minimum absolute atomic E-state index is 0.124. The van der Waals surface area contributed by atoms with Gasteiger partial charge in [-0.3, -0.25) is 4.79 Å². The van der Waals surface area contributed by atoms with Gasteiger partial charge in [0.1, 0.15) is 16.8 Å². The topological polar surface area (TPSA) is 81.1 Å². The van der Waals surface area contributed by atoms with Crippen LogP contribution in [0.3, 0.4) is 0 Å². The third-order valence-electron chi connectivity index (χ3n) is 4.79. The summed E-state index contributed by atoms with van der Waals surface area (Å²) in [4.78, 5) is 13.2. The Bertz CT molecular complexity index is 1070. The molecule has 9 heteroatoms. The van der Waals surface area contributed by atoms with Gasteiger partial charge in [-0.15, -0.1) is 10.2 Å². The van der Waals surface area contributed by atoms with E-state index in [4.69, 9.17) is 16.3 Å². The van der Waals surface area contributed by atoms with Crippen molar-refractivity contribution < 1.29 is 9.53 Å². The van der Waals surface area contributed by atoms with Crippen LogP contribution in [0.5, 0.6) is 5.75 Å². The lowest BCUT2D eigenvalue weighted by Gasteiger charge is -2.33. The molecule has 7 nitrogen and oxygen atoms in total. The summed E-state index contributed by atoms with van der Waals surface area (Å²) < 4.78 is 7.05. The maximum atomic E-state index is 13.2. The summed E-state index contributed by atoms with van der Waals surface area (Å²) in [6.07, 6.45) is 0. The van der Waals surface area contributed by atoms with Crippen LogP contribution in [0, 0.1) is 13.8 Å². The van der Waals surface area contributed by atoms with Crippen LogP contribution in [-0.2, 0) is 4.79 Å². The summed E-state index contributed by atoms with van der Waals surface area (Å²) in [5, 5.41) is 12.0. The van der Waals surface area contributed by atoms with Crippen molar-refractivity contribution in [1.82, 2.24) is 14.9 Å². The number of aryl methyl sites for hydroxylation is 2. The summed E-state index contributed by atoms with van der Waals surface area (Å²) in [6.45, 7) is 3.82. The van der Waals surface area contributed by atoms with Gasteiger partial charge in [0.2, 0.25) is 11.1 Å². The molecule has 0 saturated heterocycles. The molecular weight excluding hydrogens is 410 g/mol. The third-order valence-corrected chi connectivity index (χ3v) is 6.31. The first kappa shape index (κ1) is 19.6. The minimum atomic E-state index is -0.477. The molecule has 0 bridgehead atoms. The molecule has 0 unspecified atom stereocenters. The van der Waals surface area contributed by atoms with Crippen LogP contribution in [0.1, 0.15) is 23.0 Å². The molecule has 2 N–H and O–H groups in total. The van der Waals surface area contributed by atoms with Gasteiger partial charge in [0.05, 0.1) is 18.2 Å². The molecule has 29 heavy (non-hydrogen) atoms. The van der Waals surface area contributed by atoms with Crippen molar-refractivity contribution >= 4 is 35.0 Å². The lowest BCUT2D eigenvalue weighted by molar-refractivity contribution is -0.116. The Morgan fingerprint density at radius 2 is 2.03 bits per heavy atom. The van der Waals surface area contributed by atoms with E-state index in [1.165, 1.54) is 11.8 Å². The molecule has 2 atom stereocenters. The van der Waals surface area contributed by atoms with E-state index in [0.717, 1.165) is 22.6 Å². The van der Waals surface area contributed by atoms with Gasteiger partial charge in [0.25, 0.3) is 0 Å². The number of ether oxygens (including phenoxy) is 1. The number of benzene rings is 2. The lowest BCUT2D eigenvalue weighted by Crippen LogP contribution is -2.41. The van der Waals surface area contributed by atoms with Crippen LogP contribution in [0.25, 0.3) is 0 Å². The maximum absolute atomic E-state index is 13.2. The van der Waals surface area contributed by atoms with Crippen molar-refractivity contribution in [1.29, 1.82) is 0 Å². The number of fused-ring (bicyclic) bond motifs is 1. The molecule has 4 rings (SSSR count). The van der Waals surface area contributed by atoms with Gasteiger partial charge < -0.3 is 15.5 Å². The van der Waals surface area contributed by atoms with Crippen LogP contribution < -0.4 is 15.5 Å². The molecule has 1 aliphatic rings. The highest BCUT2D eigenvalue weighted by Crippen LogP contribution is 2.39. The minimum Gasteiger partial charge on any atom is -0.495 e. The van der Waals surface area contributed by atoms with Crippen molar-refractivity contribution in [2.24, 2.45) is 0 Å². The van der Waals surface area contributed by atoms with Gasteiger partial charge in [-0.2, -0.15) is 0 Å². The van der Waals surface area contributed by atoms with Crippen LogP contribution in [0.4, 0.5) is 5.69 Å². The number of nitrogens with zero attached hydrogens (tertiary/aromatic N) is 3. The monoisotopic (exact) mass is 429 g/mol. The number of thioether (sulfide) groups is 1. The van der Waals surface area contributed by atoms with E-state index in [9.17, 15) is 4.79 Å². The van der Waals surface area contributed by atoms with Crippen LogP contribution >= 0.6 is 23.4 Å². The zero-order valence-corrected chi connectivity index (χ0v) is 17.7. The number of methoxy groups -OCH3 is 1. The van der Waals surface area contributed by atoms with Crippen LogP contribution in [0.15, 0.2) is 47.6 Å². The molecule has 0 aliphatic carbocycles. The van der Waals surface area contributed by atoms with Crippen LogP contribution in [0.2, 0.25) is 5.02 Å². The first-order valence-electron chi connectivity index (χ1n) is 9.03. The lowest BCUT2D eigenvalue weighted by atomic mass is 10.0. The molecule has 2 heterocycles. The zero-order valence-electron chi connectivity index (χ0n) is 16.1. The molecule has 0 saturated carbocycles. The van der Waals surface area contributed by atoms with Gasteiger partial charge in [-0.1, -0.05) is 47.6 Å². The highest BCUT2D eigenvalue weighted by Gasteiger charge is 2.37. The molecule has 0 radical (unpaired) electrons. The first-order valence-corrected chi connectivity index (χ1v) is 10.3. The summed E-state index contributed by atoms with van der Waals surface area (Å²) >= 11 is 7.72. The number of nitrogens with one attached hydrogen (secondary N) is 2. The summed E-state index contributed by atoms with van der Waals surface area (Å²) in [5.41, 5.74) is 6.02. The highest BCUT2D eigenvalue weighted by molar-refractivity contribution is 8.00. The Balaban J connectivity index is 1.70. The molecule has 0 fully saturated rings. The number of para-hydroxylation sites is 1.